The Morgan fingerprint density at radius 2 is 0.577 bits per heavy atom. The van der Waals surface area contributed by atoms with E-state index in [9.17, 15) is 0 Å². The molecule has 0 atom stereocenters. The van der Waals surface area contributed by atoms with E-state index >= 15 is 0 Å². The van der Waals surface area contributed by atoms with Crippen LogP contribution in [0.5, 0.6) is 0 Å². The van der Waals surface area contributed by atoms with Crippen molar-refractivity contribution in [3.63, 3.8) is 0 Å². The Morgan fingerprint density at radius 1 is 0.338 bits per heavy atom. The third-order valence-corrected chi connectivity index (χ3v) is 19.8. The van der Waals surface area contributed by atoms with Crippen molar-refractivity contribution in [3.8, 4) is 11.1 Å². The maximum absolute atomic E-state index is 3.56. The predicted octanol–water partition coefficient (Wildman–Crippen LogP) is 13.2. The van der Waals surface area contributed by atoms with Crippen molar-refractivity contribution in [2.75, 3.05) is 72.0 Å². The van der Waals surface area contributed by atoms with Gasteiger partial charge in [0.05, 0.1) is 0 Å². The fraction of sp³-hybridized carbons (Fsp3) is 0.281. The monoisotopic (exact) mass is 1060 g/mol. The summed E-state index contributed by atoms with van der Waals surface area (Å²) in [6.45, 7) is 16.7. The molecule has 0 N–H and O–H groups in total. The smallest absolute Gasteiger partial charge is 0.372 e. The molecule has 4 fully saturated rings. The van der Waals surface area contributed by atoms with Crippen LogP contribution in [-0.2, 0) is 19.5 Å². The first-order valence-electron chi connectivity index (χ1n) is 26.1. The fourth-order valence-corrected chi connectivity index (χ4v) is 16.3. The Labute approximate surface area is 439 Å². The molecule has 12 rings (SSSR count). The van der Waals surface area contributed by atoms with E-state index in [1.54, 1.807) is 0 Å². The second-order valence-corrected chi connectivity index (χ2v) is 24.5. The molecule has 4 saturated heterocycles. The van der Waals surface area contributed by atoms with Gasteiger partial charge in [-0.1, -0.05) is 127 Å². The van der Waals surface area contributed by atoms with Gasteiger partial charge in [0.25, 0.3) is 0 Å². The predicted molar refractivity (Wildman–Crippen MR) is 311 cm³/mol. The number of hydrogen-bond donors (Lipinski definition) is 0. The molecule has 4 aliphatic rings. The van der Waals surface area contributed by atoms with Crippen LogP contribution in [0.3, 0.4) is 0 Å². The van der Waals surface area contributed by atoms with E-state index in [0.29, 0.717) is 0 Å². The summed E-state index contributed by atoms with van der Waals surface area (Å²) in [5, 5.41) is 13.7. The Bertz CT molecular complexity index is 2730. The molecule has 0 unspecified atom stereocenters. The van der Waals surface area contributed by atoms with E-state index in [4.69, 9.17) is 0 Å². The van der Waals surface area contributed by atoms with Gasteiger partial charge in [-0.3, -0.25) is 0 Å². The number of hydrogen-bond acceptors (Lipinski definition) is 4. The number of nitrogens with zero attached hydrogens (tertiary/aromatic N) is 4. The zero-order valence-corrected chi connectivity index (χ0v) is 45.3. The third kappa shape index (κ3) is 10.6. The van der Waals surface area contributed by atoms with E-state index in [-0.39, 0.29) is 19.5 Å². The Hall–Kier alpha value is -5.30. The molecule has 0 spiro atoms. The molecule has 7 heteroatoms. The number of allylic oxidation sites excluding steroid dienone is 1. The average molecular weight is 1060 g/mol. The minimum absolute atomic E-state index is 0. The van der Waals surface area contributed by atoms with Crippen molar-refractivity contribution in [3.05, 3.63) is 182 Å². The van der Waals surface area contributed by atoms with Crippen molar-refractivity contribution < 1.29 is 19.5 Å². The summed E-state index contributed by atoms with van der Waals surface area (Å²) >= 11 is 0. The summed E-state index contributed by atoms with van der Waals surface area (Å²) in [5.41, 5.74) is 9.33. The van der Waals surface area contributed by atoms with Gasteiger partial charge in [0.2, 0.25) is 0 Å². The number of benzene rings is 8. The third-order valence-electron chi connectivity index (χ3n) is 14.9. The van der Waals surface area contributed by atoms with Crippen LogP contribution in [0.2, 0.25) is 0 Å². The van der Waals surface area contributed by atoms with Crippen LogP contribution >= 0.6 is 15.8 Å². The standard InChI is InChI=1S/C60H60N4P2.C4H8.Ru/c1-3-15-55-45(13-1)17-35-57(65(51-27-19-47(20-28-51)61-37-5-6-38-61)52-29-21-48(22-30-52)62-39-7-8-40-62)59(55)60-56-16-4-2-14-46(56)18-36-58(60)66(53-31-23-49(24-32-53)63-41-9-10-42-63)54-33-25-50(26-34-54)64-43-11-12-44-64;1-4(2)3;/h1-4,13-36H,5-12,37-44H2;1H2,2-3H3;/q;;+3. The second kappa shape index (κ2) is 22.6. The molecule has 0 saturated carbocycles. The van der Waals surface area contributed by atoms with Crippen molar-refractivity contribution >= 4 is 92.0 Å². The van der Waals surface area contributed by atoms with Gasteiger partial charge in [0.15, 0.2) is 0 Å². The van der Waals surface area contributed by atoms with Crippen LogP contribution in [0, 0.1) is 0 Å². The number of rotatable bonds is 11. The van der Waals surface area contributed by atoms with Gasteiger partial charge in [-0.05, 0) is 194 Å². The zero-order chi connectivity index (χ0) is 47.4. The molecular weight excluding hydrogens is 988 g/mol. The van der Waals surface area contributed by atoms with Gasteiger partial charge in [0.1, 0.15) is 0 Å². The summed E-state index contributed by atoms with van der Waals surface area (Å²) in [5.74, 6) is 0. The van der Waals surface area contributed by atoms with Gasteiger partial charge in [0, 0.05) is 75.1 Å². The average Bonchev–Trinajstić information content (AvgIpc) is 4.28. The topological polar surface area (TPSA) is 13.0 Å². The van der Waals surface area contributed by atoms with E-state index in [1.165, 1.54) is 144 Å². The maximum atomic E-state index is 3.56. The molecule has 1 radical (unpaired) electrons. The molecule has 4 heterocycles. The van der Waals surface area contributed by atoms with Crippen LogP contribution in [0.1, 0.15) is 65.2 Å². The summed E-state index contributed by atoms with van der Waals surface area (Å²) in [6.07, 6.45) is 10.2. The van der Waals surface area contributed by atoms with Crippen LogP contribution in [0.15, 0.2) is 182 Å². The van der Waals surface area contributed by atoms with Gasteiger partial charge < -0.3 is 19.6 Å². The van der Waals surface area contributed by atoms with Gasteiger partial charge in [-0.15, -0.1) is 6.58 Å². The SMILES string of the molecule is C=C(C)C.[Ru+3].c1ccc2c(-c3c(P(c4ccc(N5CCCC5)cc4)c4ccc(N5CCCC5)cc4)ccc4ccccc34)c(P(c3ccc(N4CCCC4)cc3)c3ccc(N4CCCC4)cc3)ccc2c1. The first-order valence-corrected chi connectivity index (χ1v) is 28.8. The molecular formula is C64H68N4P2Ru+3. The molecule has 0 aliphatic carbocycles. The summed E-state index contributed by atoms with van der Waals surface area (Å²) in [4.78, 5) is 10.3. The van der Waals surface area contributed by atoms with E-state index in [2.05, 4.69) is 196 Å². The first kappa shape index (κ1) is 49.3. The van der Waals surface area contributed by atoms with Gasteiger partial charge in [-0.25, -0.2) is 0 Å². The van der Waals surface area contributed by atoms with E-state index in [1.807, 2.05) is 13.8 Å². The van der Waals surface area contributed by atoms with Crippen molar-refractivity contribution in [2.24, 2.45) is 0 Å². The normalized spacial score (nSPS) is 15.8. The van der Waals surface area contributed by atoms with Crippen LogP contribution in [-0.4, -0.2) is 52.4 Å². The molecule has 8 aromatic rings. The van der Waals surface area contributed by atoms with Crippen molar-refractivity contribution in [2.45, 2.75) is 65.2 Å². The van der Waals surface area contributed by atoms with Crippen molar-refractivity contribution in [1.29, 1.82) is 0 Å². The van der Waals surface area contributed by atoms with Crippen LogP contribution in [0.4, 0.5) is 22.7 Å². The minimum atomic E-state index is -0.969. The van der Waals surface area contributed by atoms with Crippen LogP contribution in [0.25, 0.3) is 32.7 Å². The minimum Gasteiger partial charge on any atom is -0.372 e. The first-order chi connectivity index (χ1) is 34.5. The molecule has 0 aromatic heterocycles. The Balaban J connectivity index is 0.00000112. The molecule has 71 heavy (non-hydrogen) atoms. The molecule has 4 aliphatic heterocycles. The molecule has 359 valence electrons. The van der Waals surface area contributed by atoms with E-state index in [0.717, 1.165) is 52.4 Å². The Morgan fingerprint density at radius 3 is 0.831 bits per heavy atom. The Kier molecular flexibility index (Phi) is 15.7. The quantitative estimate of drug-likeness (QED) is 0.0727. The summed E-state index contributed by atoms with van der Waals surface area (Å²) in [6, 6.07) is 67.2. The molecule has 8 aromatic carbocycles. The maximum Gasteiger partial charge on any atom is 3.00 e. The second-order valence-electron chi connectivity index (χ2n) is 20.1. The molecule has 0 amide bonds. The molecule has 4 nitrogen and oxygen atoms in total. The number of fused-ring (bicyclic) bond motifs is 2. The van der Waals surface area contributed by atoms with E-state index < -0.39 is 15.8 Å². The zero-order valence-electron chi connectivity index (χ0n) is 41.7. The summed E-state index contributed by atoms with van der Waals surface area (Å²) < 4.78 is 0. The van der Waals surface area contributed by atoms with Gasteiger partial charge >= 0.3 is 19.5 Å². The fourth-order valence-electron chi connectivity index (χ4n) is 11.4. The number of anilines is 4. The summed E-state index contributed by atoms with van der Waals surface area (Å²) in [7, 11) is -1.94. The van der Waals surface area contributed by atoms with Crippen LogP contribution < -0.4 is 51.4 Å². The molecule has 0 bridgehead atoms. The largest absolute Gasteiger partial charge is 3.00 e. The van der Waals surface area contributed by atoms with Gasteiger partial charge in [-0.2, -0.15) is 0 Å². The van der Waals surface area contributed by atoms with Crippen molar-refractivity contribution in [1.82, 2.24) is 0 Å².